The topological polar surface area (TPSA) is 139 Å². The summed E-state index contributed by atoms with van der Waals surface area (Å²) < 4.78 is 24.8. The predicted octanol–water partition coefficient (Wildman–Crippen LogP) is 2.77. The highest BCUT2D eigenvalue weighted by Crippen LogP contribution is 2.22. The van der Waals surface area contributed by atoms with E-state index < -0.39 is 18.5 Å². The smallest absolute Gasteiger partial charge is 0.336 e. The highest BCUT2D eigenvalue weighted by atomic mass is 16.7. The number of ether oxygens (including phenoxy) is 4. The van der Waals surface area contributed by atoms with E-state index in [1.54, 1.807) is 30.8 Å². The lowest BCUT2D eigenvalue weighted by Gasteiger charge is -2.18. The summed E-state index contributed by atoms with van der Waals surface area (Å²) in [6, 6.07) is 13.6. The minimum Gasteiger partial charge on any atom is -0.478 e. The molecule has 0 spiro atoms. The van der Waals surface area contributed by atoms with Crippen LogP contribution in [0.2, 0.25) is 0 Å². The van der Waals surface area contributed by atoms with Crippen molar-refractivity contribution in [3.05, 3.63) is 91.5 Å². The van der Waals surface area contributed by atoms with Gasteiger partial charge in [-0.15, -0.1) is 0 Å². The van der Waals surface area contributed by atoms with Gasteiger partial charge in [0, 0.05) is 37.0 Å². The van der Waals surface area contributed by atoms with Crippen LogP contribution in [-0.4, -0.2) is 84.1 Å². The Morgan fingerprint density at radius 3 is 1.55 bits per heavy atom. The molecule has 12 heteroatoms. The fourth-order valence-corrected chi connectivity index (χ4v) is 5.28. The molecule has 0 saturated carbocycles. The molecule has 1 amide bonds. The number of carbonyl (C=O) groups excluding carboxylic acids is 1. The van der Waals surface area contributed by atoms with Crippen molar-refractivity contribution in [1.82, 2.24) is 14.0 Å². The van der Waals surface area contributed by atoms with Crippen molar-refractivity contribution in [2.75, 3.05) is 40.5 Å². The van der Waals surface area contributed by atoms with Gasteiger partial charge in [0.05, 0.1) is 61.7 Å². The third-order valence-electron chi connectivity index (χ3n) is 7.45. The standard InChI is InChI=1S/C17H20N2O4.C15H15NO5/c1-11-4-5-12-13(17(21)18(2)3)9-15(20)19(14(12)8-11)10-16-22-6-7-23-16;1-9-2-3-10-11(15(18)19)7-13(17)16(12(10)6-9)8-14-20-4-5-21-14/h4-5,8-9,16H,6-7,10H2,1-3H3;2-3,6-7,14H,4-5,8H2,1H3,(H,18,19). The number of aryl methyl sites for hydroxylation is 2. The van der Waals surface area contributed by atoms with Crippen molar-refractivity contribution in [3.63, 3.8) is 0 Å². The quantitative estimate of drug-likeness (QED) is 0.352. The average Bonchev–Trinajstić information content (AvgIpc) is 3.70. The summed E-state index contributed by atoms with van der Waals surface area (Å²) >= 11 is 0. The minimum atomic E-state index is -1.11. The molecule has 12 nitrogen and oxygen atoms in total. The van der Waals surface area contributed by atoms with E-state index in [0.717, 1.165) is 28.1 Å². The number of fused-ring (bicyclic) bond motifs is 2. The SMILES string of the molecule is Cc1ccc2c(C(=O)N(C)C)cc(=O)n(CC3OCCO3)c2c1.Cc1ccc2c(C(=O)O)cc(=O)n(CC3OCCO3)c2c1. The maximum absolute atomic E-state index is 12.6. The van der Waals surface area contributed by atoms with Gasteiger partial charge in [-0.05, 0) is 37.1 Å². The zero-order valence-electron chi connectivity index (χ0n) is 25.1. The molecule has 0 unspecified atom stereocenters. The van der Waals surface area contributed by atoms with Crippen LogP contribution < -0.4 is 11.1 Å². The molecule has 44 heavy (non-hydrogen) atoms. The van der Waals surface area contributed by atoms with Crippen LogP contribution in [0.4, 0.5) is 0 Å². The van der Waals surface area contributed by atoms with Crippen molar-refractivity contribution in [3.8, 4) is 0 Å². The van der Waals surface area contributed by atoms with Crippen LogP contribution in [0.25, 0.3) is 21.8 Å². The van der Waals surface area contributed by atoms with E-state index in [-0.39, 0.29) is 29.1 Å². The molecular weight excluding hydrogens is 570 g/mol. The molecular formula is C32H35N3O9. The largest absolute Gasteiger partial charge is 0.478 e. The van der Waals surface area contributed by atoms with E-state index in [0.29, 0.717) is 49.4 Å². The molecule has 6 rings (SSSR count). The maximum atomic E-state index is 12.6. The van der Waals surface area contributed by atoms with Crippen molar-refractivity contribution in [2.45, 2.75) is 39.5 Å². The first kappa shape index (κ1) is 31.1. The van der Waals surface area contributed by atoms with Gasteiger partial charge in [-0.3, -0.25) is 14.4 Å². The molecule has 2 saturated heterocycles. The molecule has 2 aliphatic rings. The number of rotatable bonds is 6. The first-order valence-electron chi connectivity index (χ1n) is 14.2. The zero-order valence-corrected chi connectivity index (χ0v) is 25.1. The number of carboxylic acid groups (broad SMARTS) is 1. The van der Waals surface area contributed by atoms with Crippen LogP contribution in [0.3, 0.4) is 0 Å². The molecule has 2 aromatic carbocycles. The Kier molecular flexibility index (Phi) is 9.25. The number of amides is 1. The van der Waals surface area contributed by atoms with Gasteiger partial charge < -0.3 is 38.1 Å². The van der Waals surface area contributed by atoms with E-state index in [9.17, 15) is 24.3 Å². The van der Waals surface area contributed by atoms with Gasteiger partial charge in [-0.2, -0.15) is 0 Å². The number of benzene rings is 2. The lowest BCUT2D eigenvalue weighted by molar-refractivity contribution is -0.0525. The number of pyridine rings is 2. The third-order valence-corrected chi connectivity index (χ3v) is 7.45. The Morgan fingerprint density at radius 1 is 0.727 bits per heavy atom. The van der Waals surface area contributed by atoms with Crippen LogP contribution in [0.15, 0.2) is 58.1 Å². The second-order valence-corrected chi connectivity index (χ2v) is 10.9. The van der Waals surface area contributed by atoms with E-state index in [2.05, 4.69) is 0 Å². The molecule has 0 atom stereocenters. The van der Waals surface area contributed by atoms with Crippen molar-refractivity contribution >= 4 is 33.7 Å². The second-order valence-electron chi connectivity index (χ2n) is 10.9. The van der Waals surface area contributed by atoms with Gasteiger partial charge in [0.1, 0.15) is 0 Å². The molecule has 1 N–H and O–H groups in total. The maximum Gasteiger partial charge on any atom is 0.336 e. The summed E-state index contributed by atoms with van der Waals surface area (Å²) in [7, 11) is 3.35. The highest BCUT2D eigenvalue weighted by molar-refractivity contribution is 6.06. The summed E-state index contributed by atoms with van der Waals surface area (Å²) in [5.74, 6) is -1.29. The molecule has 2 aliphatic heterocycles. The van der Waals surface area contributed by atoms with Crippen molar-refractivity contribution < 1.29 is 33.6 Å². The first-order chi connectivity index (χ1) is 21.0. The average molecular weight is 606 g/mol. The summed E-state index contributed by atoms with van der Waals surface area (Å²) in [4.78, 5) is 50.0. The van der Waals surface area contributed by atoms with Crippen LogP contribution >= 0.6 is 0 Å². The first-order valence-corrected chi connectivity index (χ1v) is 14.2. The number of hydrogen-bond acceptors (Lipinski definition) is 8. The zero-order chi connectivity index (χ0) is 31.5. The lowest BCUT2D eigenvalue weighted by Crippen LogP contribution is -2.30. The Bertz CT molecular complexity index is 1830. The van der Waals surface area contributed by atoms with E-state index in [1.807, 2.05) is 38.1 Å². The van der Waals surface area contributed by atoms with Crippen molar-refractivity contribution in [2.24, 2.45) is 0 Å². The van der Waals surface area contributed by atoms with Gasteiger partial charge in [0.15, 0.2) is 12.6 Å². The molecule has 2 aromatic heterocycles. The van der Waals surface area contributed by atoms with Gasteiger partial charge >= 0.3 is 5.97 Å². The predicted molar refractivity (Wildman–Crippen MR) is 162 cm³/mol. The molecule has 2 fully saturated rings. The van der Waals surface area contributed by atoms with E-state index in [1.165, 1.54) is 15.5 Å². The van der Waals surface area contributed by atoms with Gasteiger partial charge in [0.25, 0.3) is 17.0 Å². The van der Waals surface area contributed by atoms with Crippen LogP contribution in [0.5, 0.6) is 0 Å². The van der Waals surface area contributed by atoms with Crippen LogP contribution in [0, 0.1) is 13.8 Å². The van der Waals surface area contributed by atoms with Gasteiger partial charge in [-0.25, -0.2) is 4.79 Å². The number of hydrogen-bond donors (Lipinski definition) is 1. The summed E-state index contributed by atoms with van der Waals surface area (Å²) in [5.41, 5.74) is 3.11. The summed E-state index contributed by atoms with van der Waals surface area (Å²) in [5, 5.41) is 10.5. The number of aromatic nitrogens is 2. The van der Waals surface area contributed by atoms with E-state index >= 15 is 0 Å². The fraction of sp³-hybridized carbons (Fsp3) is 0.375. The number of nitrogens with zero attached hydrogens (tertiary/aromatic N) is 3. The Morgan fingerprint density at radius 2 is 1.14 bits per heavy atom. The molecule has 232 valence electrons. The van der Waals surface area contributed by atoms with Crippen LogP contribution in [-0.2, 0) is 32.0 Å². The minimum absolute atomic E-state index is 0.0134. The number of carbonyl (C=O) groups is 2. The number of aromatic carboxylic acids is 1. The fourth-order valence-electron chi connectivity index (χ4n) is 5.28. The van der Waals surface area contributed by atoms with E-state index in [4.69, 9.17) is 18.9 Å². The Balaban J connectivity index is 0.000000175. The third kappa shape index (κ3) is 6.58. The molecule has 0 aliphatic carbocycles. The molecule has 4 aromatic rings. The molecule has 0 bridgehead atoms. The molecule has 4 heterocycles. The Labute approximate surface area is 252 Å². The van der Waals surface area contributed by atoms with Crippen molar-refractivity contribution in [1.29, 1.82) is 0 Å². The number of carboxylic acids is 1. The summed E-state index contributed by atoms with van der Waals surface area (Å²) in [6.45, 7) is 6.49. The normalized spacial score (nSPS) is 15.5. The highest BCUT2D eigenvalue weighted by Gasteiger charge is 2.22. The monoisotopic (exact) mass is 605 g/mol. The second kappa shape index (κ2) is 13.1. The Hall–Kier alpha value is -4.36. The summed E-state index contributed by atoms with van der Waals surface area (Å²) in [6.07, 6.45) is -0.895. The molecule has 0 radical (unpaired) electrons. The van der Waals surface area contributed by atoms with Gasteiger partial charge in [-0.1, -0.05) is 24.3 Å². The van der Waals surface area contributed by atoms with Gasteiger partial charge in [0.2, 0.25) is 0 Å². The lowest BCUT2D eigenvalue weighted by atomic mass is 10.1. The van der Waals surface area contributed by atoms with Crippen LogP contribution in [0.1, 0.15) is 31.8 Å².